The fourth-order valence-corrected chi connectivity index (χ4v) is 3.94. The SMILES string of the molecule is COc1cc(C(=O)N2Cc3nn(C(C)(C)C)c(-n4cccc4)c3C2)cc(OC)c1OC. The Bertz CT molecular complexity index is 1080. The summed E-state index contributed by atoms with van der Waals surface area (Å²) in [7, 11) is 4.61. The number of aromatic nitrogens is 3. The van der Waals surface area contributed by atoms with Crippen LogP contribution in [-0.2, 0) is 18.6 Å². The topological polar surface area (TPSA) is 70.8 Å². The smallest absolute Gasteiger partial charge is 0.254 e. The predicted molar refractivity (Wildman–Crippen MR) is 116 cm³/mol. The normalized spacial score (nSPS) is 13.3. The molecule has 164 valence electrons. The standard InChI is InChI=1S/C23H28N4O4/c1-23(2,3)27-21(25-9-7-8-10-25)16-13-26(14-17(16)24-27)22(28)15-11-18(29-4)20(31-6)19(12-15)30-5/h7-12H,13-14H2,1-6H3. The number of methoxy groups -OCH3 is 3. The average molecular weight is 425 g/mol. The maximum Gasteiger partial charge on any atom is 0.254 e. The Balaban J connectivity index is 1.70. The Hall–Kier alpha value is -3.42. The molecule has 1 aromatic carbocycles. The predicted octanol–water partition coefficient (Wildman–Crippen LogP) is 3.61. The Morgan fingerprint density at radius 2 is 1.58 bits per heavy atom. The van der Waals surface area contributed by atoms with Gasteiger partial charge in [0.15, 0.2) is 11.5 Å². The van der Waals surface area contributed by atoms with E-state index in [9.17, 15) is 4.79 Å². The number of nitrogens with zero attached hydrogens (tertiary/aromatic N) is 4. The molecule has 0 fully saturated rings. The number of hydrogen-bond acceptors (Lipinski definition) is 5. The molecule has 3 heterocycles. The molecular formula is C23H28N4O4. The van der Waals surface area contributed by atoms with E-state index < -0.39 is 0 Å². The van der Waals surface area contributed by atoms with Crippen LogP contribution in [0.25, 0.3) is 5.82 Å². The monoisotopic (exact) mass is 424 g/mol. The van der Waals surface area contributed by atoms with Crippen molar-refractivity contribution < 1.29 is 19.0 Å². The number of hydrogen-bond donors (Lipinski definition) is 0. The first-order valence-electron chi connectivity index (χ1n) is 10.1. The minimum absolute atomic E-state index is 0.113. The summed E-state index contributed by atoms with van der Waals surface area (Å²) in [6, 6.07) is 7.34. The van der Waals surface area contributed by atoms with E-state index in [4.69, 9.17) is 19.3 Å². The third kappa shape index (κ3) is 3.52. The molecule has 8 heteroatoms. The number of carbonyl (C=O) groups is 1. The number of ether oxygens (including phenoxy) is 3. The van der Waals surface area contributed by atoms with Gasteiger partial charge in [-0.1, -0.05) is 0 Å². The lowest BCUT2D eigenvalue weighted by atomic mass is 10.1. The highest BCUT2D eigenvalue weighted by molar-refractivity contribution is 5.96. The minimum atomic E-state index is -0.185. The van der Waals surface area contributed by atoms with Crippen LogP contribution in [0.1, 0.15) is 42.4 Å². The lowest BCUT2D eigenvalue weighted by Crippen LogP contribution is -2.29. The van der Waals surface area contributed by atoms with E-state index >= 15 is 0 Å². The minimum Gasteiger partial charge on any atom is -0.493 e. The molecule has 0 unspecified atom stereocenters. The van der Waals surface area contributed by atoms with Crippen LogP contribution in [-0.4, -0.2) is 46.5 Å². The summed E-state index contributed by atoms with van der Waals surface area (Å²) in [6.45, 7) is 7.31. The molecule has 0 aliphatic carbocycles. The maximum absolute atomic E-state index is 13.4. The summed E-state index contributed by atoms with van der Waals surface area (Å²) in [5.74, 6) is 2.24. The van der Waals surface area contributed by atoms with E-state index in [0.717, 1.165) is 17.1 Å². The van der Waals surface area contributed by atoms with Gasteiger partial charge in [-0.3, -0.25) is 4.79 Å². The molecule has 2 aromatic heterocycles. The summed E-state index contributed by atoms with van der Waals surface area (Å²) in [6.07, 6.45) is 4.01. The van der Waals surface area contributed by atoms with Crippen molar-refractivity contribution in [2.45, 2.75) is 39.4 Å². The largest absolute Gasteiger partial charge is 0.493 e. The van der Waals surface area contributed by atoms with Crippen molar-refractivity contribution in [1.29, 1.82) is 0 Å². The molecule has 0 bridgehead atoms. The van der Waals surface area contributed by atoms with E-state index in [1.807, 2.05) is 29.2 Å². The van der Waals surface area contributed by atoms with Gasteiger partial charge < -0.3 is 23.7 Å². The maximum atomic E-state index is 13.4. The number of fused-ring (bicyclic) bond motifs is 1. The van der Waals surface area contributed by atoms with Gasteiger partial charge in [0.2, 0.25) is 5.75 Å². The van der Waals surface area contributed by atoms with Gasteiger partial charge in [0.05, 0.1) is 45.7 Å². The number of rotatable bonds is 5. The van der Waals surface area contributed by atoms with Crippen molar-refractivity contribution in [3.63, 3.8) is 0 Å². The van der Waals surface area contributed by atoms with Crippen LogP contribution in [0.2, 0.25) is 0 Å². The van der Waals surface area contributed by atoms with Crippen molar-refractivity contribution in [3.05, 3.63) is 53.5 Å². The zero-order valence-electron chi connectivity index (χ0n) is 18.8. The van der Waals surface area contributed by atoms with Crippen molar-refractivity contribution in [2.24, 2.45) is 0 Å². The molecule has 0 radical (unpaired) electrons. The van der Waals surface area contributed by atoms with Crippen LogP contribution in [0.4, 0.5) is 0 Å². The third-order valence-electron chi connectivity index (χ3n) is 5.41. The molecule has 0 spiro atoms. The van der Waals surface area contributed by atoms with Crippen LogP contribution in [0.3, 0.4) is 0 Å². The first kappa shape index (κ1) is 20.8. The zero-order valence-corrected chi connectivity index (χ0v) is 18.8. The van der Waals surface area contributed by atoms with Gasteiger partial charge in [-0.25, -0.2) is 4.68 Å². The molecule has 1 aliphatic heterocycles. The van der Waals surface area contributed by atoms with Gasteiger partial charge in [0, 0.05) is 23.5 Å². The summed E-state index contributed by atoms with van der Waals surface area (Å²) >= 11 is 0. The Morgan fingerprint density at radius 1 is 0.968 bits per heavy atom. The highest BCUT2D eigenvalue weighted by Crippen LogP contribution is 2.39. The van der Waals surface area contributed by atoms with Crippen LogP contribution < -0.4 is 14.2 Å². The van der Waals surface area contributed by atoms with E-state index in [2.05, 4.69) is 25.3 Å². The molecule has 4 rings (SSSR count). The average Bonchev–Trinajstić information content (AvgIpc) is 3.47. The van der Waals surface area contributed by atoms with Gasteiger partial charge >= 0.3 is 0 Å². The first-order chi connectivity index (χ1) is 14.8. The fraction of sp³-hybridized carbons (Fsp3) is 0.391. The van der Waals surface area contributed by atoms with Crippen molar-refractivity contribution in [1.82, 2.24) is 19.2 Å². The van der Waals surface area contributed by atoms with Crippen molar-refractivity contribution in [2.75, 3.05) is 21.3 Å². The molecule has 31 heavy (non-hydrogen) atoms. The summed E-state index contributed by atoms with van der Waals surface area (Å²) in [5, 5.41) is 4.87. The molecular weight excluding hydrogens is 396 g/mol. The van der Waals surface area contributed by atoms with Crippen LogP contribution in [0.15, 0.2) is 36.7 Å². The van der Waals surface area contributed by atoms with E-state index in [-0.39, 0.29) is 11.4 Å². The molecule has 3 aromatic rings. The number of amides is 1. The molecule has 0 atom stereocenters. The summed E-state index contributed by atoms with van der Waals surface area (Å²) in [5.41, 5.74) is 2.27. The zero-order chi connectivity index (χ0) is 22.3. The lowest BCUT2D eigenvalue weighted by molar-refractivity contribution is 0.0747. The van der Waals surface area contributed by atoms with Crippen LogP contribution in [0, 0.1) is 0 Å². The Morgan fingerprint density at radius 3 is 2.10 bits per heavy atom. The van der Waals surface area contributed by atoms with E-state index in [0.29, 0.717) is 35.9 Å². The van der Waals surface area contributed by atoms with Gasteiger partial charge in [0.25, 0.3) is 5.91 Å². The van der Waals surface area contributed by atoms with Gasteiger partial charge in [-0.2, -0.15) is 5.10 Å². The highest BCUT2D eigenvalue weighted by Gasteiger charge is 2.34. The Labute approximate surface area is 181 Å². The second-order valence-electron chi connectivity index (χ2n) is 8.50. The van der Waals surface area contributed by atoms with Crippen LogP contribution in [0.5, 0.6) is 17.2 Å². The number of carbonyl (C=O) groups excluding carboxylic acids is 1. The first-order valence-corrected chi connectivity index (χ1v) is 10.1. The van der Waals surface area contributed by atoms with E-state index in [1.54, 1.807) is 17.0 Å². The quantitative estimate of drug-likeness (QED) is 0.626. The molecule has 1 amide bonds. The summed E-state index contributed by atoms with van der Waals surface area (Å²) in [4.78, 5) is 15.2. The molecule has 1 aliphatic rings. The van der Waals surface area contributed by atoms with Crippen molar-refractivity contribution >= 4 is 5.91 Å². The van der Waals surface area contributed by atoms with Gasteiger partial charge in [-0.05, 0) is 45.0 Å². The molecule has 0 saturated carbocycles. The molecule has 0 saturated heterocycles. The fourth-order valence-electron chi connectivity index (χ4n) is 3.94. The van der Waals surface area contributed by atoms with Crippen LogP contribution >= 0.6 is 0 Å². The second-order valence-corrected chi connectivity index (χ2v) is 8.50. The molecule has 0 N–H and O–H groups in total. The van der Waals surface area contributed by atoms with E-state index in [1.165, 1.54) is 21.3 Å². The van der Waals surface area contributed by atoms with Crippen molar-refractivity contribution in [3.8, 4) is 23.1 Å². The highest BCUT2D eigenvalue weighted by atomic mass is 16.5. The lowest BCUT2D eigenvalue weighted by Gasteiger charge is -2.25. The Kier molecular flexibility index (Phi) is 5.16. The third-order valence-corrected chi connectivity index (χ3v) is 5.41. The molecule has 8 nitrogen and oxygen atoms in total. The number of benzene rings is 1. The second kappa shape index (κ2) is 7.68. The van der Waals surface area contributed by atoms with Gasteiger partial charge in [0.1, 0.15) is 5.82 Å². The van der Waals surface area contributed by atoms with Gasteiger partial charge in [-0.15, -0.1) is 0 Å². The summed E-state index contributed by atoms with van der Waals surface area (Å²) < 4.78 is 20.3.